The molecule has 0 aromatic heterocycles. The van der Waals surface area contributed by atoms with Crippen LogP contribution < -0.4 is 16.0 Å². The van der Waals surface area contributed by atoms with E-state index in [1.807, 2.05) is 6.92 Å². The number of ether oxygens (including phenoxy) is 2. The molecule has 5 heteroatoms. The van der Waals surface area contributed by atoms with E-state index in [1.54, 1.807) is 18.2 Å². The molecule has 0 saturated carbocycles. The standard InChI is InChI=1S/C14H21FN2O2/c1-14(7-4-8-19-14)12(17-16)9-10-5-3-6-11(18-2)13(10)15/h3,5-6,12,17H,4,7-9,16H2,1-2H3. The Morgan fingerprint density at radius 1 is 1.58 bits per heavy atom. The molecule has 0 spiro atoms. The summed E-state index contributed by atoms with van der Waals surface area (Å²) in [4.78, 5) is 0. The molecule has 3 N–H and O–H groups in total. The van der Waals surface area contributed by atoms with Crippen molar-refractivity contribution in [2.24, 2.45) is 5.84 Å². The largest absolute Gasteiger partial charge is 0.494 e. The number of hydrogen-bond acceptors (Lipinski definition) is 4. The molecule has 1 fully saturated rings. The first-order valence-corrected chi connectivity index (χ1v) is 6.52. The second-order valence-corrected chi connectivity index (χ2v) is 5.12. The van der Waals surface area contributed by atoms with Gasteiger partial charge in [-0.25, -0.2) is 4.39 Å². The molecule has 1 aliphatic heterocycles. The van der Waals surface area contributed by atoms with Gasteiger partial charge < -0.3 is 9.47 Å². The fraction of sp³-hybridized carbons (Fsp3) is 0.571. The SMILES string of the molecule is COc1cccc(CC(NN)C2(C)CCCO2)c1F. The number of hydrogen-bond donors (Lipinski definition) is 2. The van der Waals surface area contributed by atoms with E-state index in [0.29, 0.717) is 12.0 Å². The first-order valence-electron chi connectivity index (χ1n) is 6.52. The van der Waals surface area contributed by atoms with E-state index in [0.717, 1.165) is 19.4 Å². The molecule has 0 bridgehead atoms. The van der Waals surface area contributed by atoms with Crippen LogP contribution in [-0.4, -0.2) is 25.4 Å². The van der Waals surface area contributed by atoms with Crippen LogP contribution in [0.2, 0.25) is 0 Å². The molecule has 19 heavy (non-hydrogen) atoms. The van der Waals surface area contributed by atoms with Crippen LogP contribution in [0, 0.1) is 5.82 Å². The molecule has 0 radical (unpaired) electrons. The van der Waals surface area contributed by atoms with E-state index < -0.39 is 0 Å². The average Bonchev–Trinajstić information content (AvgIpc) is 2.85. The molecule has 1 heterocycles. The molecule has 2 atom stereocenters. The molecule has 2 rings (SSSR count). The van der Waals surface area contributed by atoms with Gasteiger partial charge in [-0.05, 0) is 37.8 Å². The molecular formula is C14H21FN2O2. The molecule has 1 aromatic rings. The summed E-state index contributed by atoms with van der Waals surface area (Å²) in [6.45, 7) is 2.75. The number of rotatable bonds is 5. The highest BCUT2D eigenvalue weighted by Crippen LogP contribution is 2.31. The fourth-order valence-corrected chi connectivity index (χ4v) is 2.62. The summed E-state index contributed by atoms with van der Waals surface area (Å²) in [7, 11) is 1.46. The van der Waals surface area contributed by atoms with Crippen molar-refractivity contribution in [3.63, 3.8) is 0 Å². The number of benzene rings is 1. The molecule has 2 unspecified atom stereocenters. The maximum Gasteiger partial charge on any atom is 0.168 e. The number of halogens is 1. The molecule has 0 aliphatic carbocycles. The van der Waals surface area contributed by atoms with Gasteiger partial charge >= 0.3 is 0 Å². The summed E-state index contributed by atoms with van der Waals surface area (Å²) in [5.41, 5.74) is 3.00. The fourth-order valence-electron chi connectivity index (χ4n) is 2.62. The van der Waals surface area contributed by atoms with Crippen molar-refractivity contribution in [1.82, 2.24) is 5.43 Å². The lowest BCUT2D eigenvalue weighted by molar-refractivity contribution is -0.0117. The molecule has 4 nitrogen and oxygen atoms in total. The Kier molecular flexibility index (Phi) is 4.39. The first-order chi connectivity index (χ1) is 9.10. The summed E-state index contributed by atoms with van der Waals surface area (Å²) in [6.07, 6.45) is 2.40. The van der Waals surface area contributed by atoms with Crippen molar-refractivity contribution in [3.8, 4) is 5.75 Å². The van der Waals surface area contributed by atoms with E-state index >= 15 is 0 Å². The Morgan fingerprint density at radius 2 is 2.37 bits per heavy atom. The smallest absolute Gasteiger partial charge is 0.168 e. The summed E-state index contributed by atoms with van der Waals surface area (Å²) in [5, 5.41) is 0. The van der Waals surface area contributed by atoms with Gasteiger partial charge in [0.25, 0.3) is 0 Å². The van der Waals surface area contributed by atoms with Crippen molar-refractivity contribution >= 4 is 0 Å². The number of methoxy groups -OCH3 is 1. The van der Waals surface area contributed by atoms with Crippen LogP contribution in [0.3, 0.4) is 0 Å². The summed E-state index contributed by atoms with van der Waals surface area (Å²) in [6, 6.07) is 5.01. The normalized spacial score (nSPS) is 24.4. The monoisotopic (exact) mass is 268 g/mol. The van der Waals surface area contributed by atoms with E-state index in [9.17, 15) is 4.39 Å². The van der Waals surface area contributed by atoms with Crippen molar-refractivity contribution in [2.75, 3.05) is 13.7 Å². The highest BCUT2D eigenvalue weighted by atomic mass is 19.1. The maximum atomic E-state index is 14.1. The highest BCUT2D eigenvalue weighted by Gasteiger charge is 2.38. The quantitative estimate of drug-likeness (QED) is 0.631. The Labute approximate surface area is 113 Å². The van der Waals surface area contributed by atoms with Gasteiger partial charge in [-0.1, -0.05) is 12.1 Å². The number of nitrogens with one attached hydrogen (secondary N) is 1. The molecule has 1 saturated heterocycles. The van der Waals surface area contributed by atoms with Crippen molar-refractivity contribution in [2.45, 2.75) is 37.8 Å². The molecule has 1 aromatic carbocycles. The molecule has 106 valence electrons. The predicted octanol–water partition coefficient (Wildman–Crippen LogP) is 1.78. The van der Waals surface area contributed by atoms with Gasteiger partial charge in [0, 0.05) is 6.61 Å². The third kappa shape index (κ3) is 2.88. The van der Waals surface area contributed by atoms with E-state index in [2.05, 4.69) is 5.43 Å². The Morgan fingerprint density at radius 3 is 2.95 bits per heavy atom. The Bertz CT molecular complexity index is 433. The lowest BCUT2D eigenvalue weighted by atomic mass is 9.88. The highest BCUT2D eigenvalue weighted by molar-refractivity contribution is 5.32. The van der Waals surface area contributed by atoms with E-state index in [-0.39, 0.29) is 23.2 Å². The van der Waals surface area contributed by atoms with Gasteiger partial charge in [0.1, 0.15) is 0 Å². The van der Waals surface area contributed by atoms with Crippen LogP contribution in [0.1, 0.15) is 25.3 Å². The topological polar surface area (TPSA) is 56.5 Å². The lowest BCUT2D eigenvalue weighted by Gasteiger charge is -2.33. The van der Waals surface area contributed by atoms with Crippen molar-refractivity contribution in [1.29, 1.82) is 0 Å². The minimum absolute atomic E-state index is 0.128. The zero-order valence-corrected chi connectivity index (χ0v) is 11.4. The first kappa shape index (κ1) is 14.2. The molecule has 1 aliphatic rings. The van der Waals surface area contributed by atoms with Gasteiger partial charge in [0.05, 0.1) is 18.8 Å². The number of hydrazine groups is 1. The minimum Gasteiger partial charge on any atom is -0.494 e. The van der Waals surface area contributed by atoms with Crippen LogP contribution in [-0.2, 0) is 11.2 Å². The van der Waals surface area contributed by atoms with Gasteiger partial charge in [-0.15, -0.1) is 0 Å². The van der Waals surface area contributed by atoms with Crippen LogP contribution in [0.5, 0.6) is 5.75 Å². The van der Waals surface area contributed by atoms with Crippen molar-refractivity contribution < 1.29 is 13.9 Å². The maximum absolute atomic E-state index is 14.1. The number of nitrogens with two attached hydrogens (primary N) is 1. The van der Waals surface area contributed by atoms with Crippen LogP contribution in [0.4, 0.5) is 4.39 Å². The molecular weight excluding hydrogens is 247 g/mol. The summed E-state index contributed by atoms with van der Waals surface area (Å²) < 4.78 is 24.9. The van der Waals surface area contributed by atoms with E-state index in [1.165, 1.54) is 7.11 Å². The third-order valence-corrected chi connectivity index (χ3v) is 3.87. The van der Waals surface area contributed by atoms with Crippen molar-refractivity contribution in [3.05, 3.63) is 29.6 Å². The van der Waals surface area contributed by atoms with Crippen LogP contribution in [0.15, 0.2) is 18.2 Å². The van der Waals surface area contributed by atoms with Gasteiger partial charge in [-0.3, -0.25) is 11.3 Å². The van der Waals surface area contributed by atoms with Gasteiger partial charge in [0.15, 0.2) is 11.6 Å². The van der Waals surface area contributed by atoms with Crippen LogP contribution >= 0.6 is 0 Å². The summed E-state index contributed by atoms with van der Waals surface area (Å²) >= 11 is 0. The average molecular weight is 268 g/mol. The summed E-state index contributed by atoms with van der Waals surface area (Å²) in [5.74, 6) is 5.55. The van der Waals surface area contributed by atoms with E-state index in [4.69, 9.17) is 15.3 Å². The second-order valence-electron chi connectivity index (χ2n) is 5.12. The lowest BCUT2D eigenvalue weighted by Crippen LogP contribution is -2.52. The molecule has 0 amide bonds. The second kappa shape index (κ2) is 5.86. The predicted molar refractivity (Wildman–Crippen MR) is 71.4 cm³/mol. The Balaban J connectivity index is 2.19. The van der Waals surface area contributed by atoms with Gasteiger partial charge in [0.2, 0.25) is 0 Å². The minimum atomic E-state index is -0.343. The van der Waals surface area contributed by atoms with Crippen LogP contribution in [0.25, 0.3) is 0 Å². The van der Waals surface area contributed by atoms with Gasteiger partial charge in [-0.2, -0.15) is 0 Å². The third-order valence-electron chi connectivity index (χ3n) is 3.87. The zero-order chi connectivity index (χ0) is 13.9. The zero-order valence-electron chi connectivity index (χ0n) is 11.4. The Hall–Kier alpha value is -1.17.